The summed E-state index contributed by atoms with van der Waals surface area (Å²) in [6.45, 7) is 2.30. The van der Waals surface area contributed by atoms with Crippen molar-refractivity contribution in [3.8, 4) is 0 Å². The van der Waals surface area contributed by atoms with E-state index in [0.717, 1.165) is 0 Å². The lowest BCUT2D eigenvalue weighted by Crippen LogP contribution is -2.40. The minimum Gasteiger partial charge on any atom is -0.0770 e. The third-order valence-electron chi connectivity index (χ3n) is 5.07. The van der Waals surface area contributed by atoms with E-state index in [2.05, 4.69) is 79.8 Å². The third kappa shape index (κ3) is 2.18. The summed E-state index contributed by atoms with van der Waals surface area (Å²) in [5.41, 5.74) is 0.270. The van der Waals surface area contributed by atoms with Gasteiger partial charge in [-0.2, -0.15) is 0 Å². The number of unbranched alkanes of at least 4 members (excludes halogenated alkanes) is 1. The van der Waals surface area contributed by atoms with Gasteiger partial charge in [0.15, 0.2) is 0 Å². The molecule has 0 heterocycles. The average molecular weight is 264 g/mol. The topological polar surface area (TPSA) is 0 Å². The molecule has 0 fully saturated rings. The molecule has 0 radical (unpaired) electrons. The van der Waals surface area contributed by atoms with Crippen molar-refractivity contribution in [3.63, 3.8) is 0 Å². The fraction of sp³-hybridized carbons (Fsp3) is 0.400. The molecule has 20 heavy (non-hydrogen) atoms. The molecule has 0 amide bonds. The van der Waals surface area contributed by atoms with E-state index in [9.17, 15) is 0 Å². The summed E-state index contributed by atoms with van der Waals surface area (Å²) in [6, 6.07) is 0. The standard InChI is InChI=1S/C20H24/c1-2-3-16-20(17-10-4-5-11-17,18-12-6-7-13-18)19-14-8-9-15-19/h4-15,17-19H,2-3,16H2,1H3. The van der Waals surface area contributed by atoms with Gasteiger partial charge in [-0.05, 0) is 11.8 Å². The number of hydrogen-bond acceptors (Lipinski definition) is 0. The Balaban J connectivity index is 2.01. The Kier molecular flexibility index (Phi) is 3.91. The van der Waals surface area contributed by atoms with Gasteiger partial charge in [-0.15, -0.1) is 0 Å². The van der Waals surface area contributed by atoms with Gasteiger partial charge in [0, 0.05) is 17.8 Å². The van der Waals surface area contributed by atoms with Gasteiger partial charge in [-0.25, -0.2) is 0 Å². The van der Waals surface area contributed by atoms with Gasteiger partial charge in [0.05, 0.1) is 0 Å². The lowest BCUT2D eigenvalue weighted by atomic mass is 9.58. The smallest absolute Gasteiger partial charge is 0.00266 e. The summed E-state index contributed by atoms with van der Waals surface area (Å²) in [7, 11) is 0. The zero-order valence-electron chi connectivity index (χ0n) is 12.3. The van der Waals surface area contributed by atoms with Crippen molar-refractivity contribution in [3.05, 3.63) is 72.9 Å². The fourth-order valence-electron chi connectivity index (χ4n) is 4.02. The highest BCUT2D eigenvalue weighted by Gasteiger charge is 2.46. The molecule has 3 aliphatic carbocycles. The minimum absolute atomic E-state index is 0.270. The maximum atomic E-state index is 2.40. The van der Waals surface area contributed by atoms with Crippen LogP contribution in [0.1, 0.15) is 26.2 Å². The monoisotopic (exact) mass is 264 g/mol. The van der Waals surface area contributed by atoms with Gasteiger partial charge in [-0.1, -0.05) is 92.7 Å². The molecule has 3 rings (SSSR count). The highest BCUT2D eigenvalue weighted by atomic mass is 14.5. The molecule has 0 spiro atoms. The van der Waals surface area contributed by atoms with Crippen molar-refractivity contribution in [2.24, 2.45) is 23.2 Å². The van der Waals surface area contributed by atoms with E-state index in [1.54, 1.807) is 0 Å². The molecular weight excluding hydrogens is 240 g/mol. The highest BCUT2D eigenvalue weighted by Crippen LogP contribution is 2.53. The molecule has 0 unspecified atom stereocenters. The second-order valence-electron chi connectivity index (χ2n) is 6.10. The molecule has 0 aromatic carbocycles. The average Bonchev–Trinajstić information content (AvgIpc) is 3.23. The fourth-order valence-corrected chi connectivity index (χ4v) is 4.02. The van der Waals surface area contributed by atoms with Gasteiger partial charge in [-0.3, -0.25) is 0 Å². The molecule has 0 bridgehead atoms. The predicted octanol–water partition coefficient (Wildman–Crippen LogP) is 5.39. The van der Waals surface area contributed by atoms with Crippen LogP contribution in [0.3, 0.4) is 0 Å². The first kappa shape index (κ1) is 13.4. The summed E-state index contributed by atoms with van der Waals surface area (Å²) in [4.78, 5) is 0. The van der Waals surface area contributed by atoms with E-state index < -0.39 is 0 Å². The van der Waals surface area contributed by atoms with Crippen LogP contribution in [0, 0.1) is 23.2 Å². The first-order valence-electron chi connectivity index (χ1n) is 7.93. The molecular formula is C20H24. The van der Waals surface area contributed by atoms with Crippen LogP contribution in [-0.4, -0.2) is 0 Å². The molecule has 0 nitrogen and oxygen atoms in total. The molecule has 0 aromatic heterocycles. The maximum Gasteiger partial charge on any atom is 0.00266 e. The maximum absolute atomic E-state index is 2.40. The van der Waals surface area contributed by atoms with Crippen molar-refractivity contribution >= 4 is 0 Å². The molecule has 0 atom stereocenters. The Hall–Kier alpha value is -1.56. The molecule has 0 saturated carbocycles. The highest BCUT2D eigenvalue weighted by molar-refractivity contribution is 5.34. The van der Waals surface area contributed by atoms with E-state index in [1.165, 1.54) is 19.3 Å². The van der Waals surface area contributed by atoms with Crippen molar-refractivity contribution in [1.82, 2.24) is 0 Å². The second-order valence-corrected chi connectivity index (χ2v) is 6.10. The van der Waals surface area contributed by atoms with Gasteiger partial charge >= 0.3 is 0 Å². The summed E-state index contributed by atoms with van der Waals surface area (Å²) in [5.74, 6) is 1.64. The Morgan fingerprint density at radius 3 is 1.30 bits per heavy atom. The first-order chi connectivity index (χ1) is 9.88. The van der Waals surface area contributed by atoms with Gasteiger partial charge < -0.3 is 0 Å². The van der Waals surface area contributed by atoms with Gasteiger partial charge in [0.1, 0.15) is 0 Å². The minimum atomic E-state index is 0.270. The first-order valence-corrected chi connectivity index (χ1v) is 7.93. The van der Waals surface area contributed by atoms with E-state index in [-0.39, 0.29) is 5.41 Å². The van der Waals surface area contributed by atoms with Crippen molar-refractivity contribution in [1.29, 1.82) is 0 Å². The van der Waals surface area contributed by atoms with Crippen LogP contribution in [0.2, 0.25) is 0 Å². The molecule has 0 aromatic rings. The number of allylic oxidation sites excluding steroid dienone is 12. The van der Waals surface area contributed by atoms with Crippen LogP contribution in [0.25, 0.3) is 0 Å². The van der Waals surface area contributed by atoms with Crippen LogP contribution >= 0.6 is 0 Å². The Morgan fingerprint density at radius 2 is 1.00 bits per heavy atom. The van der Waals surface area contributed by atoms with Crippen LogP contribution in [0.5, 0.6) is 0 Å². The van der Waals surface area contributed by atoms with Crippen molar-refractivity contribution in [2.75, 3.05) is 0 Å². The van der Waals surface area contributed by atoms with E-state index in [1.807, 2.05) is 0 Å². The summed E-state index contributed by atoms with van der Waals surface area (Å²) in [6.07, 6.45) is 31.5. The Labute approximate surface area is 123 Å². The molecule has 0 N–H and O–H groups in total. The van der Waals surface area contributed by atoms with E-state index >= 15 is 0 Å². The number of rotatable bonds is 6. The van der Waals surface area contributed by atoms with Gasteiger partial charge in [0.25, 0.3) is 0 Å². The molecule has 3 aliphatic rings. The van der Waals surface area contributed by atoms with Crippen LogP contribution < -0.4 is 0 Å². The van der Waals surface area contributed by atoms with Gasteiger partial charge in [0.2, 0.25) is 0 Å². The predicted molar refractivity (Wildman–Crippen MR) is 87.3 cm³/mol. The summed E-state index contributed by atoms with van der Waals surface area (Å²) < 4.78 is 0. The second kappa shape index (κ2) is 5.83. The molecule has 0 aliphatic heterocycles. The van der Waals surface area contributed by atoms with Crippen LogP contribution in [-0.2, 0) is 0 Å². The number of hydrogen-bond donors (Lipinski definition) is 0. The largest absolute Gasteiger partial charge is 0.0770 e. The molecule has 0 saturated heterocycles. The lowest BCUT2D eigenvalue weighted by Gasteiger charge is -2.45. The lowest BCUT2D eigenvalue weighted by molar-refractivity contribution is 0.125. The van der Waals surface area contributed by atoms with Crippen LogP contribution in [0.15, 0.2) is 72.9 Å². The van der Waals surface area contributed by atoms with Crippen molar-refractivity contribution in [2.45, 2.75) is 26.2 Å². The normalized spacial score (nSPS) is 22.1. The molecule has 0 heteroatoms. The van der Waals surface area contributed by atoms with E-state index in [0.29, 0.717) is 17.8 Å². The quantitative estimate of drug-likeness (QED) is 0.603. The molecule has 104 valence electrons. The van der Waals surface area contributed by atoms with E-state index in [4.69, 9.17) is 0 Å². The SMILES string of the molecule is CCCCC(C1C=CC=C1)(C1C=CC=C1)C1C=CC=C1. The summed E-state index contributed by atoms with van der Waals surface area (Å²) >= 11 is 0. The Bertz CT molecular complexity index is 405. The Morgan fingerprint density at radius 1 is 0.650 bits per heavy atom. The van der Waals surface area contributed by atoms with Crippen molar-refractivity contribution < 1.29 is 0 Å². The third-order valence-corrected chi connectivity index (χ3v) is 5.07. The van der Waals surface area contributed by atoms with Crippen LogP contribution in [0.4, 0.5) is 0 Å². The zero-order valence-corrected chi connectivity index (χ0v) is 12.3. The zero-order chi connectivity index (χ0) is 13.8. The summed E-state index contributed by atoms with van der Waals surface area (Å²) in [5, 5.41) is 0.